The molecule has 16 heavy (non-hydrogen) atoms. The van der Waals surface area contributed by atoms with Crippen LogP contribution in [0.3, 0.4) is 0 Å². The van der Waals surface area contributed by atoms with E-state index in [-0.39, 0.29) is 0 Å². The number of hydrogen-bond acceptors (Lipinski definition) is 2. The van der Waals surface area contributed by atoms with Crippen molar-refractivity contribution in [1.82, 2.24) is 4.90 Å². The number of rotatable bonds is 7. The fourth-order valence-electron chi connectivity index (χ4n) is 1.73. The van der Waals surface area contributed by atoms with Crippen molar-refractivity contribution < 1.29 is 4.74 Å². The second-order valence-electron chi connectivity index (χ2n) is 3.82. The summed E-state index contributed by atoms with van der Waals surface area (Å²) in [6.45, 7) is 5.44. The molecule has 0 bridgehead atoms. The summed E-state index contributed by atoms with van der Waals surface area (Å²) in [5, 5.41) is 1.02. The van der Waals surface area contributed by atoms with Crippen LogP contribution in [0.15, 0.2) is 24.3 Å². The van der Waals surface area contributed by atoms with E-state index in [0.29, 0.717) is 0 Å². The highest BCUT2D eigenvalue weighted by atomic mass is 79.9. The van der Waals surface area contributed by atoms with Gasteiger partial charge in [-0.15, -0.1) is 0 Å². The lowest BCUT2D eigenvalue weighted by Gasteiger charge is -2.20. The Balaban J connectivity index is 2.60. The van der Waals surface area contributed by atoms with Gasteiger partial charge >= 0.3 is 0 Å². The lowest BCUT2D eigenvalue weighted by atomic mass is 10.2. The maximum absolute atomic E-state index is 5.23. The number of nitrogens with zero attached hydrogens (tertiary/aromatic N) is 1. The molecule has 3 heteroatoms. The van der Waals surface area contributed by atoms with Crippen molar-refractivity contribution >= 4 is 15.9 Å². The Morgan fingerprint density at radius 2 is 2.12 bits per heavy atom. The predicted octanol–water partition coefficient (Wildman–Crippen LogP) is 3.30. The molecule has 0 N–H and O–H groups in total. The molecule has 0 aliphatic heterocycles. The van der Waals surface area contributed by atoms with Gasteiger partial charge in [0.15, 0.2) is 0 Å². The Labute approximate surface area is 107 Å². The summed E-state index contributed by atoms with van der Waals surface area (Å²) < 4.78 is 5.23. The minimum absolute atomic E-state index is 0.938. The Morgan fingerprint density at radius 3 is 2.75 bits per heavy atom. The Morgan fingerprint density at radius 1 is 1.31 bits per heavy atom. The average molecular weight is 286 g/mol. The lowest BCUT2D eigenvalue weighted by molar-refractivity contribution is 0.283. The molecule has 90 valence electrons. The number of benzene rings is 1. The fraction of sp³-hybridized carbons (Fsp3) is 0.538. The Bertz CT molecular complexity index is 298. The largest absolute Gasteiger partial charge is 0.497 e. The molecule has 0 aliphatic carbocycles. The molecular formula is C13H20BrNO. The van der Waals surface area contributed by atoms with Gasteiger partial charge < -0.3 is 4.74 Å². The van der Waals surface area contributed by atoms with Gasteiger partial charge in [-0.25, -0.2) is 0 Å². The van der Waals surface area contributed by atoms with E-state index in [2.05, 4.69) is 39.9 Å². The van der Waals surface area contributed by atoms with E-state index in [1.54, 1.807) is 7.11 Å². The Kier molecular flexibility index (Phi) is 6.50. The van der Waals surface area contributed by atoms with E-state index in [4.69, 9.17) is 4.74 Å². The third-order valence-corrected chi connectivity index (χ3v) is 2.84. The SMILES string of the molecule is CCCN(CCBr)Cc1cccc(OC)c1. The smallest absolute Gasteiger partial charge is 0.119 e. The number of halogens is 1. The molecule has 0 unspecified atom stereocenters. The normalized spacial score (nSPS) is 10.8. The molecule has 0 saturated carbocycles. The zero-order valence-corrected chi connectivity index (χ0v) is 11.7. The second-order valence-corrected chi connectivity index (χ2v) is 4.61. The molecule has 1 rings (SSSR count). The van der Waals surface area contributed by atoms with Crippen LogP contribution in [0, 0.1) is 0 Å². The van der Waals surface area contributed by atoms with Crippen LogP contribution >= 0.6 is 15.9 Å². The van der Waals surface area contributed by atoms with E-state index >= 15 is 0 Å². The van der Waals surface area contributed by atoms with Crippen molar-refractivity contribution in [2.24, 2.45) is 0 Å². The average Bonchev–Trinajstić information content (AvgIpc) is 2.30. The lowest BCUT2D eigenvalue weighted by Crippen LogP contribution is -2.26. The fourth-order valence-corrected chi connectivity index (χ4v) is 2.24. The van der Waals surface area contributed by atoms with Gasteiger partial charge in [-0.05, 0) is 30.7 Å². The van der Waals surface area contributed by atoms with Crippen molar-refractivity contribution in [1.29, 1.82) is 0 Å². The molecule has 0 radical (unpaired) electrons. The second kappa shape index (κ2) is 7.69. The van der Waals surface area contributed by atoms with Crippen LogP contribution in [0.1, 0.15) is 18.9 Å². The maximum atomic E-state index is 5.23. The number of ether oxygens (including phenoxy) is 1. The van der Waals surface area contributed by atoms with E-state index in [1.165, 1.54) is 12.0 Å². The number of alkyl halides is 1. The van der Waals surface area contributed by atoms with E-state index < -0.39 is 0 Å². The molecule has 0 spiro atoms. The van der Waals surface area contributed by atoms with Gasteiger partial charge in [0.1, 0.15) is 5.75 Å². The number of hydrogen-bond donors (Lipinski definition) is 0. The molecule has 0 heterocycles. The molecule has 0 atom stereocenters. The van der Waals surface area contributed by atoms with Crippen LogP contribution in [-0.4, -0.2) is 30.4 Å². The highest BCUT2D eigenvalue weighted by molar-refractivity contribution is 9.09. The van der Waals surface area contributed by atoms with Gasteiger partial charge in [-0.1, -0.05) is 35.0 Å². The molecule has 0 aromatic heterocycles. The molecule has 1 aromatic carbocycles. The van der Waals surface area contributed by atoms with Crippen molar-refractivity contribution in [2.75, 3.05) is 25.5 Å². The summed E-state index contributed by atoms with van der Waals surface area (Å²) in [5.74, 6) is 0.938. The maximum Gasteiger partial charge on any atom is 0.119 e. The first-order chi connectivity index (χ1) is 7.80. The van der Waals surface area contributed by atoms with Crippen molar-refractivity contribution in [2.45, 2.75) is 19.9 Å². The van der Waals surface area contributed by atoms with E-state index in [9.17, 15) is 0 Å². The van der Waals surface area contributed by atoms with Gasteiger partial charge in [0, 0.05) is 18.4 Å². The first kappa shape index (κ1) is 13.5. The molecule has 0 fully saturated rings. The van der Waals surface area contributed by atoms with Crippen LogP contribution in [-0.2, 0) is 6.54 Å². The quantitative estimate of drug-likeness (QED) is 0.713. The molecule has 1 aromatic rings. The predicted molar refractivity (Wildman–Crippen MR) is 72.4 cm³/mol. The van der Waals surface area contributed by atoms with Gasteiger partial charge in [-0.3, -0.25) is 4.90 Å². The molecule has 2 nitrogen and oxygen atoms in total. The topological polar surface area (TPSA) is 12.5 Å². The summed E-state index contributed by atoms with van der Waals surface area (Å²) in [5.41, 5.74) is 1.31. The zero-order valence-electron chi connectivity index (χ0n) is 10.1. The monoisotopic (exact) mass is 285 g/mol. The van der Waals surface area contributed by atoms with Gasteiger partial charge in [0.2, 0.25) is 0 Å². The van der Waals surface area contributed by atoms with Crippen LogP contribution in [0.25, 0.3) is 0 Å². The molecular weight excluding hydrogens is 266 g/mol. The summed E-state index contributed by atoms with van der Waals surface area (Å²) in [6.07, 6.45) is 1.19. The summed E-state index contributed by atoms with van der Waals surface area (Å²) in [6, 6.07) is 8.29. The van der Waals surface area contributed by atoms with Crippen LogP contribution in [0.5, 0.6) is 5.75 Å². The minimum atomic E-state index is 0.938. The summed E-state index contributed by atoms with van der Waals surface area (Å²) >= 11 is 3.50. The first-order valence-electron chi connectivity index (χ1n) is 5.71. The van der Waals surface area contributed by atoms with Gasteiger partial charge in [-0.2, -0.15) is 0 Å². The van der Waals surface area contributed by atoms with Gasteiger partial charge in [0.05, 0.1) is 7.11 Å². The third kappa shape index (κ3) is 4.54. The van der Waals surface area contributed by atoms with E-state index in [0.717, 1.165) is 30.7 Å². The highest BCUT2D eigenvalue weighted by Gasteiger charge is 2.04. The molecule has 0 saturated heterocycles. The van der Waals surface area contributed by atoms with E-state index in [1.807, 2.05) is 12.1 Å². The Hall–Kier alpha value is -0.540. The first-order valence-corrected chi connectivity index (χ1v) is 6.83. The van der Waals surface area contributed by atoms with Crippen molar-refractivity contribution in [3.63, 3.8) is 0 Å². The van der Waals surface area contributed by atoms with Crippen LogP contribution in [0.2, 0.25) is 0 Å². The van der Waals surface area contributed by atoms with Gasteiger partial charge in [0.25, 0.3) is 0 Å². The highest BCUT2D eigenvalue weighted by Crippen LogP contribution is 2.14. The van der Waals surface area contributed by atoms with Crippen LogP contribution in [0.4, 0.5) is 0 Å². The summed E-state index contributed by atoms with van der Waals surface area (Å²) in [4.78, 5) is 2.45. The van der Waals surface area contributed by atoms with Crippen molar-refractivity contribution in [3.8, 4) is 5.75 Å². The zero-order chi connectivity index (χ0) is 11.8. The standard InChI is InChI=1S/C13H20BrNO/c1-3-8-15(9-7-14)11-12-5-4-6-13(10-12)16-2/h4-6,10H,3,7-9,11H2,1-2H3. The van der Waals surface area contributed by atoms with Crippen molar-refractivity contribution in [3.05, 3.63) is 29.8 Å². The molecule has 0 amide bonds. The van der Waals surface area contributed by atoms with Crippen LogP contribution < -0.4 is 4.74 Å². The summed E-state index contributed by atoms with van der Waals surface area (Å²) in [7, 11) is 1.71. The minimum Gasteiger partial charge on any atom is -0.497 e. The number of methoxy groups -OCH3 is 1. The third-order valence-electron chi connectivity index (χ3n) is 2.48. The molecule has 0 aliphatic rings.